The van der Waals surface area contributed by atoms with Crippen LogP contribution in [-0.2, 0) is 4.79 Å². The fourth-order valence-corrected chi connectivity index (χ4v) is 2.33. The van der Waals surface area contributed by atoms with Crippen LogP contribution in [0.4, 0.5) is 0 Å². The van der Waals surface area contributed by atoms with Crippen molar-refractivity contribution < 1.29 is 14.6 Å². The van der Waals surface area contributed by atoms with Crippen LogP contribution in [0, 0.1) is 32.6 Å². The van der Waals surface area contributed by atoms with Gasteiger partial charge in [0.05, 0.1) is 5.92 Å². The summed E-state index contributed by atoms with van der Waals surface area (Å²) in [6, 6.07) is 1.73. The van der Waals surface area contributed by atoms with Gasteiger partial charge in [0.1, 0.15) is 11.5 Å². The average Bonchev–Trinajstić information content (AvgIpc) is 2.39. The number of aromatic hydroxyl groups is 1. The van der Waals surface area contributed by atoms with Gasteiger partial charge in [0.25, 0.3) is 0 Å². The second-order valence-corrected chi connectivity index (χ2v) is 5.95. The Morgan fingerprint density at radius 3 is 2.35 bits per heavy atom. The van der Waals surface area contributed by atoms with Crippen LogP contribution in [-0.4, -0.2) is 11.1 Å². The Morgan fingerprint density at radius 1 is 1.25 bits per heavy atom. The zero-order chi connectivity index (χ0) is 15.4. The van der Waals surface area contributed by atoms with E-state index >= 15 is 0 Å². The summed E-state index contributed by atoms with van der Waals surface area (Å²) in [5.41, 5.74) is 2.32. The van der Waals surface area contributed by atoms with Crippen molar-refractivity contribution in [2.75, 3.05) is 0 Å². The lowest BCUT2D eigenvalue weighted by molar-refractivity contribution is -0.139. The molecule has 1 N–H and O–H groups in total. The predicted molar refractivity (Wildman–Crippen MR) is 81.2 cm³/mol. The molecule has 0 aliphatic carbocycles. The van der Waals surface area contributed by atoms with Gasteiger partial charge >= 0.3 is 5.97 Å². The number of carbonyl (C=O) groups is 1. The van der Waals surface area contributed by atoms with Crippen LogP contribution in [0.2, 0.25) is 0 Å². The molecule has 1 aromatic carbocycles. The summed E-state index contributed by atoms with van der Waals surface area (Å²) in [5.74, 6) is 1.07. The number of aryl methyl sites for hydroxylation is 1. The molecule has 0 bridgehead atoms. The van der Waals surface area contributed by atoms with Crippen LogP contribution in [0.5, 0.6) is 11.5 Å². The van der Waals surface area contributed by atoms with Gasteiger partial charge in [-0.15, -0.1) is 0 Å². The normalized spacial score (nSPS) is 12.6. The smallest absolute Gasteiger partial charge is 0.314 e. The van der Waals surface area contributed by atoms with E-state index in [9.17, 15) is 9.90 Å². The van der Waals surface area contributed by atoms with Crippen molar-refractivity contribution in [3.05, 3.63) is 22.8 Å². The Kier molecular flexibility index (Phi) is 5.61. The minimum absolute atomic E-state index is 0.0659. The van der Waals surface area contributed by atoms with Crippen molar-refractivity contribution >= 4 is 5.97 Å². The Hall–Kier alpha value is -1.51. The quantitative estimate of drug-likeness (QED) is 0.645. The second-order valence-electron chi connectivity index (χ2n) is 5.95. The van der Waals surface area contributed by atoms with Crippen LogP contribution in [0.15, 0.2) is 6.07 Å². The molecule has 0 aromatic heterocycles. The average molecular weight is 278 g/mol. The third-order valence-corrected chi connectivity index (χ3v) is 3.80. The third kappa shape index (κ3) is 3.75. The van der Waals surface area contributed by atoms with Gasteiger partial charge in [-0.3, -0.25) is 4.79 Å². The van der Waals surface area contributed by atoms with Crippen LogP contribution >= 0.6 is 0 Å². The van der Waals surface area contributed by atoms with E-state index in [1.807, 2.05) is 27.7 Å². The summed E-state index contributed by atoms with van der Waals surface area (Å²) < 4.78 is 5.57. The molecule has 1 rings (SSSR count). The van der Waals surface area contributed by atoms with Crippen molar-refractivity contribution in [2.45, 2.75) is 54.4 Å². The number of ether oxygens (including phenoxy) is 1. The first kappa shape index (κ1) is 16.5. The van der Waals surface area contributed by atoms with Gasteiger partial charge in [-0.2, -0.15) is 0 Å². The first-order valence-corrected chi connectivity index (χ1v) is 7.29. The molecule has 0 saturated carbocycles. The Labute approximate surface area is 122 Å². The molecule has 0 radical (unpaired) electrons. The highest BCUT2D eigenvalue weighted by molar-refractivity contribution is 5.76. The molecule has 0 spiro atoms. The monoisotopic (exact) mass is 278 g/mol. The van der Waals surface area contributed by atoms with Crippen LogP contribution in [0.3, 0.4) is 0 Å². The second kappa shape index (κ2) is 6.78. The highest BCUT2D eigenvalue weighted by Crippen LogP contribution is 2.32. The van der Waals surface area contributed by atoms with Gasteiger partial charge in [-0.1, -0.05) is 20.8 Å². The van der Waals surface area contributed by atoms with Crippen molar-refractivity contribution in [3.8, 4) is 11.5 Å². The molecule has 1 atom stereocenters. The molecule has 0 aliphatic rings. The molecule has 1 aromatic rings. The molecule has 1 unspecified atom stereocenters. The Balaban J connectivity index is 2.96. The Morgan fingerprint density at radius 2 is 1.85 bits per heavy atom. The van der Waals surface area contributed by atoms with Gasteiger partial charge in [0, 0.05) is 0 Å². The molecular formula is C17H26O3. The molecule has 3 heteroatoms. The first-order valence-electron chi connectivity index (χ1n) is 7.29. The number of rotatable bonds is 5. The summed E-state index contributed by atoms with van der Waals surface area (Å²) in [6.07, 6.45) is 1.62. The van der Waals surface area contributed by atoms with E-state index in [1.165, 1.54) is 0 Å². The summed E-state index contributed by atoms with van der Waals surface area (Å²) >= 11 is 0. The number of carbonyl (C=O) groups excluding carboxylic acids is 1. The first-order chi connectivity index (χ1) is 9.27. The van der Waals surface area contributed by atoms with Crippen LogP contribution in [0.25, 0.3) is 0 Å². The van der Waals surface area contributed by atoms with E-state index in [2.05, 4.69) is 13.8 Å². The number of phenolic OH excluding ortho intramolecular Hbond substituents is 1. The molecule has 3 nitrogen and oxygen atoms in total. The lowest BCUT2D eigenvalue weighted by atomic mass is 9.95. The lowest BCUT2D eigenvalue weighted by Crippen LogP contribution is -2.22. The molecule has 0 fully saturated rings. The van der Waals surface area contributed by atoms with Crippen molar-refractivity contribution in [2.24, 2.45) is 11.8 Å². The minimum atomic E-state index is -0.172. The molecule has 0 amide bonds. The fraction of sp³-hybridized carbons (Fsp3) is 0.588. The SMILES string of the molecule is CCC(CC(C)C)C(=O)Oc1cc(C)c(O)c(C)c1C. The summed E-state index contributed by atoms with van der Waals surface area (Å²) in [7, 11) is 0. The van der Waals surface area contributed by atoms with E-state index < -0.39 is 0 Å². The summed E-state index contributed by atoms with van der Waals surface area (Å²) in [4.78, 5) is 12.3. The predicted octanol–water partition coefficient (Wildman–Crippen LogP) is 4.30. The molecule has 112 valence electrons. The van der Waals surface area contributed by atoms with E-state index in [0.717, 1.165) is 29.5 Å². The zero-order valence-corrected chi connectivity index (χ0v) is 13.4. The number of esters is 1. The number of phenols is 1. The van der Waals surface area contributed by atoms with Gasteiger partial charge in [-0.25, -0.2) is 0 Å². The number of hydrogen-bond acceptors (Lipinski definition) is 3. The van der Waals surface area contributed by atoms with E-state index in [1.54, 1.807) is 6.07 Å². The molecule has 0 aliphatic heterocycles. The van der Waals surface area contributed by atoms with Gasteiger partial charge in [0.2, 0.25) is 0 Å². The van der Waals surface area contributed by atoms with E-state index in [0.29, 0.717) is 11.7 Å². The summed E-state index contributed by atoms with van der Waals surface area (Å²) in [5, 5.41) is 9.88. The van der Waals surface area contributed by atoms with Crippen LogP contribution in [0.1, 0.15) is 50.3 Å². The molecule has 0 saturated heterocycles. The van der Waals surface area contributed by atoms with Crippen molar-refractivity contribution in [1.82, 2.24) is 0 Å². The van der Waals surface area contributed by atoms with Gasteiger partial charge in [-0.05, 0) is 62.3 Å². The zero-order valence-electron chi connectivity index (χ0n) is 13.4. The Bertz CT molecular complexity index is 489. The number of benzene rings is 1. The highest BCUT2D eigenvalue weighted by atomic mass is 16.5. The minimum Gasteiger partial charge on any atom is -0.507 e. The van der Waals surface area contributed by atoms with E-state index in [-0.39, 0.29) is 17.6 Å². The third-order valence-electron chi connectivity index (χ3n) is 3.80. The maximum absolute atomic E-state index is 12.3. The maximum atomic E-state index is 12.3. The standard InChI is InChI=1S/C17H26O3/c1-7-14(8-10(2)3)17(19)20-15-9-11(4)16(18)13(6)12(15)5/h9-10,14,18H,7-8H2,1-6H3. The van der Waals surface area contributed by atoms with Gasteiger partial charge < -0.3 is 9.84 Å². The lowest BCUT2D eigenvalue weighted by Gasteiger charge is -2.18. The van der Waals surface area contributed by atoms with E-state index in [4.69, 9.17) is 4.74 Å². The number of hydrogen-bond donors (Lipinski definition) is 1. The molecule has 0 heterocycles. The highest BCUT2D eigenvalue weighted by Gasteiger charge is 2.21. The van der Waals surface area contributed by atoms with Crippen LogP contribution < -0.4 is 4.74 Å². The van der Waals surface area contributed by atoms with Crippen molar-refractivity contribution in [3.63, 3.8) is 0 Å². The largest absolute Gasteiger partial charge is 0.507 e. The maximum Gasteiger partial charge on any atom is 0.314 e. The van der Waals surface area contributed by atoms with Crippen molar-refractivity contribution in [1.29, 1.82) is 0 Å². The topological polar surface area (TPSA) is 46.5 Å². The summed E-state index contributed by atoms with van der Waals surface area (Å²) in [6.45, 7) is 11.7. The molecular weight excluding hydrogens is 252 g/mol. The van der Waals surface area contributed by atoms with Gasteiger partial charge in [0.15, 0.2) is 0 Å². The fourth-order valence-electron chi connectivity index (χ4n) is 2.33. The molecule has 20 heavy (non-hydrogen) atoms.